The van der Waals surface area contributed by atoms with Crippen molar-refractivity contribution in [2.24, 2.45) is 0 Å². The SMILES string of the molecule is Cc1ccc(CN(C)[C@H](C(=O)O)c2ccc3c(c2)OCO3)o1. The first kappa shape index (κ1) is 14.5. The summed E-state index contributed by atoms with van der Waals surface area (Å²) in [6.07, 6.45) is 0. The maximum atomic E-state index is 11.7. The lowest BCUT2D eigenvalue weighted by Gasteiger charge is -2.24. The van der Waals surface area contributed by atoms with Crippen LogP contribution in [0.4, 0.5) is 0 Å². The molecule has 3 rings (SSSR count). The zero-order valence-corrected chi connectivity index (χ0v) is 12.4. The molecule has 22 heavy (non-hydrogen) atoms. The van der Waals surface area contributed by atoms with E-state index in [1.165, 1.54) is 0 Å². The molecular weight excluding hydrogens is 286 g/mol. The van der Waals surface area contributed by atoms with Gasteiger partial charge in [-0.25, -0.2) is 0 Å². The van der Waals surface area contributed by atoms with Gasteiger partial charge in [-0.05, 0) is 43.8 Å². The second-order valence-corrected chi connectivity index (χ2v) is 5.28. The minimum atomic E-state index is -0.926. The van der Waals surface area contributed by atoms with Gasteiger partial charge in [-0.2, -0.15) is 0 Å². The van der Waals surface area contributed by atoms with Gasteiger partial charge in [0.15, 0.2) is 11.5 Å². The Morgan fingerprint density at radius 2 is 2.05 bits per heavy atom. The minimum Gasteiger partial charge on any atom is -0.480 e. The lowest BCUT2D eigenvalue weighted by atomic mass is 10.0. The van der Waals surface area contributed by atoms with E-state index >= 15 is 0 Å². The largest absolute Gasteiger partial charge is 0.480 e. The highest BCUT2D eigenvalue weighted by atomic mass is 16.7. The molecule has 0 fully saturated rings. The predicted octanol–water partition coefficient (Wildman–Crippen LogP) is 2.57. The number of carboxylic acid groups (broad SMARTS) is 1. The van der Waals surface area contributed by atoms with Gasteiger partial charge < -0.3 is 19.0 Å². The molecule has 6 heteroatoms. The number of aryl methyl sites for hydroxylation is 1. The molecule has 1 aromatic carbocycles. The number of hydrogen-bond acceptors (Lipinski definition) is 5. The van der Waals surface area contributed by atoms with E-state index in [1.54, 1.807) is 30.1 Å². The molecule has 0 radical (unpaired) electrons. The molecule has 2 heterocycles. The molecule has 1 aromatic heterocycles. The number of fused-ring (bicyclic) bond motifs is 1. The van der Waals surface area contributed by atoms with Gasteiger partial charge in [0.05, 0.1) is 6.54 Å². The number of aliphatic carboxylic acids is 1. The van der Waals surface area contributed by atoms with Crippen LogP contribution < -0.4 is 9.47 Å². The van der Waals surface area contributed by atoms with E-state index < -0.39 is 12.0 Å². The summed E-state index contributed by atoms with van der Waals surface area (Å²) in [6.45, 7) is 2.42. The molecule has 116 valence electrons. The lowest BCUT2D eigenvalue weighted by molar-refractivity contribution is -0.143. The minimum absolute atomic E-state index is 0.165. The molecule has 0 saturated heterocycles. The van der Waals surface area contributed by atoms with Crippen LogP contribution in [0, 0.1) is 6.92 Å². The third kappa shape index (κ3) is 2.78. The van der Waals surface area contributed by atoms with Crippen LogP contribution in [0.15, 0.2) is 34.7 Å². The Labute approximate surface area is 127 Å². The predicted molar refractivity (Wildman–Crippen MR) is 77.9 cm³/mol. The molecule has 6 nitrogen and oxygen atoms in total. The number of likely N-dealkylation sites (N-methyl/N-ethyl adjacent to an activating group) is 1. The fraction of sp³-hybridized carbons (Fsp3) is 0.312. The summed E-state index contributed by atoms with van der Waals surface area (Å²) in [5, 5.41) is 9.58. The highest BCUT2D eigenvalue weighted by molar-refractivity contribution is 5.76. The third-order valence-corrected chi connectivity index (χ3v) is 3.59. The average molecular weight is 303 g/mol. The van der Waals surface area contributed by atoms with Crippen molar-refractivity contribution in [1.29, 1.82) is 0 Å². The van der Waals surface area contributed by atoms with Crippen LogP contribution in [0.5, 0.6) is 11.5 Å². The summed E-state index contributed by atoms with van der Waals surface area (Å²) in [7, 11) is 1.75. The number of hydrogen-bond donors (Lipinski definition) is 1. The van der Waals surface area contributed by atoms with Gasteiger partial charge in [-0.1, -0.05) is 6.07 Å². The van der Waals surface area contributed by atoms with Crippen molar-refractivity contribution in [2.45, 2.75) is 19.5 Å². The molecule has 2 aromatic rings. The van der Waals surface area contributed by atoms with Crippen LogP contribution in [0.1, 0.15) is 23.1 Å². The van der Waals surface area contributed by atoms with E-state index in [-0.39, 0.29) is 6.79 Å². The molecule has 0 saturated carbocycles. The quantitative estimate of drug-likeness (QED) is 0.915. The third-order valence-electron chi connectivity index (χ3n) is 3.59. The molecule has 1 aliphatic rings. The number of benzene rings is 1. The Morgan fingerprint density at radius 3 is 2.73 bits per heavy atom. The molecular formula is C16H17NO5. The number of ether oxygens (including phenoxy) is 2. The molecule has 1 N–H and O–H groups in total. The molecule has 0 spiro atoms. The Balaban J connectivity index is 1.84. The fourth-order valence-electron chi connectivity index (χ4n) is 2.58. The van der Waals surface area contributed by atoms with Crippen LogP contribution in [0.25, 0.3) is 0 Å². The van der Waals surface area contributed by atoms with E-state index in [4.69, 9.17) is 13.9 Å². The molecule has 1 aliphatic heterocycles. The summed E-state index contributed by atoms with van der Waals surface area (Å²) in [5.41, 5.74) is 0.641. The van der Waals surface area contributed by atoms with Crippen LogP contribution in [0.3, 0.4) is 0 Å². The Morgan fingerprint density at radius 1 is 1.27 bits per heavy atom. The zero-order valence-electron chi connectivity index (χ0n) is 12.4. The molecule has 0 amide bonds. The van der Waals surface area contributed by atoms with Gasteiger partial charge >= 0.3 is 5.97 Å². The van der Waals surface area contributed by atoms with Gasteiger partial charge in [0, 0.05) is 0 Å². The number of furan rings is 1. The molecule has 0 unspecified atom stereocenters. The Hall–Kier alpha value is -2.47. The second kappa shape index (κ2) is 5.73. The van der Waals surface area contributed by atoms with Crippen molar-refractivity contribution >= 4 is 5.97 Å². The highest BCUT2D eigenvalue weighted by Gasteiger charge is 2.27. The number of carbonyl (C=O) groups is 1. The first-order valence-corrected chi connectivity index (χ1v) is 6.92. The molecule has 1 atom stereocenters. The first-order valence-electron chi connectivity index (χ1n) is 6.92. The number of nitrogens with zero attached hydrogens (tertiary/aromatic N) is 1. The van der Waals surface area contributed by atoms with Gasteiger partial charge in [-0.3, -0.25) is 9.69 Å². The number of carboxylic acids is 1. The summed E-state index contributed by atoms with van der Waals surface area (Å²) in [6, 6.07) is 8.11. The van der Waals surface area contributed by atoms with Gasteiger partial charge in [0.25, 0.3) is 0 Å². The van der Waals surface area contributed by atoms with E-state index in [9.17, 15) is 9.90 Å². The van der Waals surface area contributed by atoms with Crippen LogP contribution >= 0.6 is 0 Å². The zero-order chi connectivity index (χ0) is 15.7. The highest BCUT2D eigenvalue weighted by Crippen LogP contribution is 2.35. The summed E-state index contributed by atoms with van der Waals surface area (Å²) < 4.78 is 16.1. The normalized spacial score (nSPS) is 14.3. The van der Waals surface area contributed by atoms with Gasteiger partial charge in [0.1, 0.15) is 17.6 Å². The standard InChI is InChI=1S/C16H17NO5/c1-10-3-5-12(22-10)8-17(2)15(16(18)19)11-4-6-13-14(7-11)21-9-20-13/h3-7,15H,8-9H2,1-2H3,(H,18,19)/t15-/m0/s1. The van der Waals surface area contributed by atoms with Crippen molar-refractivity contribution in [3.05, 3.63) is 47.4 Å². The summed E-state index contributed by atoms with van der Waals surface area (Å²) in [4.78, 5) is 13.4. The summed E-state index contributed by atoms with van der Waals surface area (Å²) in [5.74, 6) is 1.82. The Kier molecular flexibility index (Phi) is 3.77. The average Bonchev–Trinajstić information content (AvgIpc) is 3.07. The van der Waals surface area contributed by atoms with E-state index in [0.29, 0.717) is 23.6 Å². The van der Waals surface area contributed by atoms with Crippen molar-refractivity contribution in [2.75, 3.05) is 13.8 Å². The lowest BCUT2D eigenvalue weighted by Crippen LogP contribution is -2.30. The van der Waals surface area contributed by atoms with Crippen molar-refractivity contribution in [3.8, 4) is 11.5 Å². The van der Waals surface area contributed by atoms with Gasteiger partial charge in [-0.15, -0.1) is 0 Å². The topological polar surface area (TPSA) is 72.1 Å². The van der Waals surface area contributed by atoms with Gasteiger partial charge in [0.2, 0.25) is 6.79 Å². The summed E-state index contributed by atoms with van der Waals surface area (Å²) >= 11 is 0. The van der Waals surface area contributed by atoms with E-state index in [2.05, 4.69) is 0 Å². The molecule has 0 bridgehead atoms. The smallest absolute Gasteiger partial charge is 0.325 e. The number of rotatable bonds is 5. The molecule has 0 aliphatic carbocycles. The van der Waals surface area contributed by atoms with Crippen molar-refractivity contribution in [3.63, 3.8) is 0 Å². The first-order chi connectivity index (χ1) is 10.5. The second-order valence-electron chi connectivity index (χ2n) is 5.28. The van der Waals surface area contributed by atoms with E-state index in [0.717, 1.165) is 11.5 Å². The van der Waals surface area contributed by atoms with Crippen LogP contribution in [-0.2, 0) is 11.3 Å². The van der Waals surface area contributed by atoms with Crippen molar-refractivity contribution < 1.29 is 23.8 Å². The maximum absolute atomic E-state index is 11.7. The van der Waals surface area contributed by atoms with Crippen LogP contribution in [0.2, 0.25) is 0 Å². The fourth-order valence-corrected chi connectivity index (χ4v) is 2.58. The maximum Gasteiger partial charge on any atom is 0.325 e. The van der Waals surface area contributed by atoms with Crippen LogP contribution in [-0.4, -0.2) is 29.8 Å². The van der Waals surface area contributed by atoms with Crippen molar-refractivity contribution in [1.82, 2.24) is 4.90 Å². The monoisotopic (exact) mass is 303 g/mol. The van der Waals surface area contributed by atoms with E-state index in [1.807, 2.05) is 19.1 Å². The Bertz CT molecular complexity index is 694.